The summed E-state index contributed by atoms with van der Waals surface area (Å²) >= 11 is 0. The first-order chi connectivity index (χ1) is 8.75. The van der Waals surface area contributed by atoms with E-state index in [1.807, 2.05) is 17.8 Å². The number of hydrogen-bond donors (Lipinski definition) is 1. The smallest absolute Gasteiger partial charge is 0.175 e. The number of aromatic nitrogens is 5. The van der Waals surface area contributed by atoms with Crippen molar-refractivity contribution in [1.29, 1.82) is 0 Å². The summed E-state index contributed by atoms with van der Waals surface area (Å²) < 4.78 is 3.71. The van der Waals surface area contributed by atoms with Crippen molar-refractivity contribution in [3.8, 4) is 11.4 Å². The van der Waals surface area contributed by atoms with Gasteiger partial charge in [0.25, 0.3) is 0 Å². The fraction of sp³-hybridized carbons (Fsp3) is 0.583. The molecule has 2 N–H and O–H groups in total. The molecule has 2 aromatic heterocycles. The van der Waals surface area contributed by atoms with Crippen LogP contribution in [0.15, 0.2) is 12.3 Å². The zero-order chi connectivity index (χ0) is 12.5. The second-order valence-corrected chi connectivity index (χ2v) is 4.97. The zero-order valence-corrected chi connectivity index (χ0v) is 10.6. The van der Waals surface area contributed by atoms with Crippen LogP contribution in [0.25, 0.3) is 11.4 Å². The largest absolute Gasteiger partial charge is 0.380 e. The number of nitrogens with two attached hydrogens (primary N) is 1. The molecule has 6 nitrogen and oxygen atoms in total. The van der Waals surface area contributed by atoms with Crippen molar-refractivity contribution in [2.75, 3.05) is 5.73 Å². The number of nitrogens with zero attached hydrogens (tertiary/aromatic N) is 5. The van der Waals surface area contributed by atoms with Gasteiger partial charge in [0, 0.05) is 19.8 Å². The molecule has 3 rings (SSSR count). The molecule has 0 radical (unpaired) electrons. The van der Waals surface area contributed by atoms with Crippen molar-refractivity contribution < 1.29 is 0 Å². The molecule has 6 heteroatoms. The first kappa shape index (κ1) is 11.3. The average Bonchev–Trinajstić information content (AvgIpc) is 2.83. The van der Waals surface area contributed by atoms with Gasteiger partial charge in [-0.2, -0.15) is 5.10 Å². The summed E-state index contributed by atoms with van der Waals surface area (Å²) in [7, 11) is 1.90. The second-order valence-electron chi connectivity index (χ2n) is 4.97. The van der Waals surface area contributed by atoms with Gasteiger partial charge in [-0.3, -0.25) is 4.68 Å². The lowest BCUT2D eigenvalue weighted by Crippen LogP contribution is -2.15. The predicted molar refractivity (Wildman–Crippen MR) is 68.6 cm³/mol. The van der Waals surface area contributed by atoms with E-state index in [9.17, 15) is 0 Å². The Bertz CT molecular complexity index is 537. The van der Waals surface area contributed by atoms with Crippen molar-refractivity contribution in [3.05, 3.63) is 12.3 Å². The normalized spacial score (nSPS) is 15.8. The first-order valence-corrected chi connectivity index (χ1v) is 6.43. The maximum absolute atomic E-state index is 5.92. The van der Waals surface area contributed by atoms with E-state index >= 15 is 0 Å². The zero-order valence-electron chi connectivity index (χ0n) is 10.6. The maximum Gasteiger partial charge on any atom is 0.175 e. The lowest BCUT2D eigenvalue weighted by atomic mass is 9.83. The molecule has 0 amide bonds. The monoisotopic (exact) mass is 246 g/mol. The van der Waals surface area contributed by atoms with Gasteiger partial charge in [-0.25, -0.2) is 4.68 Å². The van der Waals surface area contributed by atoms with Gasteiger partial charge in [-0.15, -0.1) is 5.10 Å². The molecular formula is C12H18N6. The number of aryl methyl sites for hydroxylation is 2. The topological polar surface area (TPSA) is 74.6 Å². The van der Waals surface area contributed by atoms with Gasteiger partial charge in [-0.05, 0) is 18.4 Å². The van der Waals surface area contributed by atoms with Crippen LogP contribution in [0, 0.1) is 5.92 Å². The SMILES string of the molecule is Cn1nccc1-c1c(N)nnn1CCC1CCC1. The maximum atomic E-state index is 5.92. The molecule has 2 heterocycles. The minimum atomic E-state index is 0.479. The Morgan fingerprint density at radius 3 is 2.89 bits per heavy atom. The summed E-state index contributed by atoms with van der Waals surface area (Å²) in [6.45, 7) is 0.884. The quantitative estimate of drug-likeness (QED) is 0.886. The van der Waals surface area contributed by atoms with Crippen LogP contribution < -0.4 is 5.73 Å². The molecule has 1 saturated carbocycles. The molecule has 0 unspecified atom stereocenters. The number of rotatable bonds is 4. The van der Waals surface area contributed by atoms with E-state index in [-0.39, 0.29) is 0 Å². The summed E-state index contributed by atoms with van der Waals surface area (Å²) in [5, 5.41) is 12.3. The Morgan fingerprint density at radius 1 is 1.44 bits per heavy atom. The summed E-state index contributed by atoms with van der Waals surface area (Å²) in [5.74, 6) is 1.34. The van der Waals surface area contributed by atoms with Crippen molar-refractivity contribution in [1.82, 2.24) is 24.8 Å². The third kappa shape index (κ3) is 1.87. The van der Waals surface area contributed by atoms with Gasteiger partial charge >= 0.3 is 0 Å². The fourth-order valence-corrected chi connectivity index (χ4v) is 2.44. The van der Waals surface area contributed by atoms with Crippen molar-refractivity contribution in [2.24, 2.45) is 13.0 Å². The van der Waals surface area contributed by atoms with Crippen LogP contribution in [0.1, 0.15) is 25.7 Å². The van der Waals surface area contributed by atoms with E-state index in [2.05, 4.69) is 15.4 Å². The second kappa shape index (κ2) is 4.44. The summed E-state index contributed by atoms with van der Waals surface area (Å²) in [5.41, 5.74) is 7.77. The molecule has 1 fully saturated rings. The molecule has 0 aromatic carbocycles. The molecule has 0 spiro atoms. The Hall–Kier alpha value is -1.85. The molecule has 0 bridgehead atoms. The van der Waals surface area contributed by atoms with Crippen LogP contribution in [0.4, 0.5) is 5.82 Å². The lowest BCUT2D eigenvalue weighted by molar-refractivity contribution is 0.277. The van der Waals surface area contributed by atoms with Gasteiger partial charge in [0.15, 0.2) is 5.82 Å². The number of anilines is 1. The van der Waals surface area contributed by atoms with Crippen LogP contribution in [0.5, 0.6) is 0 Å². The molecule has 0 saturated heterocycles. The Balaban J connectivity index is 1.84. The molecule has 1 aliphatic rings. The van der Waals surface area contributed by atoms with E-state index < -0.39 is 0 Å². The first-order valence-electron chi connectivity index (χ1n) is 6.43. The highest BCUT2D eigenvalue weighted by atomic mass is 15.5. The van der Waals surface area contributed by atoms with Crippen molar-refractivity contribution in [2.45, 2.75) is 32.2 Å². The Morgan fingerprint density at radius 2 is 2.28 bits per heavy atom. The van der Waals surface area contributed by atoms with E-state index in [0.29, 0.717) is 5.82 Å². The molecule has 18 heavy (non-hydrogen) atoms. The summed E-state index contributed by atoms with van der Waals surface area (Å²) in [6.07, 6.45) is 7.00. The van der Waals surface area contributed by atoms with Crippen LogP contribution >= 0.6 is 0 Å². The van der Waals surface area contributed by atoms with Crippen LogP contribution in [-0.4, -0.2) is 24.8 Å². The third-order valence-electron chi connectivity index (χ3n) is 3.80. The number of hydrogen-bond acceptors (Lipinski definition) is 4. The highest BCUT2D eigenvalue weighted by Gasteiger charge is 2.20. The van der Waals surface area contributed by atoms with Gasteiger partial charge < -0.3 is 5.73 Å². The molecule has 2 aromatic rings. The molecule has 1 aliphatic carbocycles. The predicted octanol–water partition coefficient (Wildman–Crippen LogP) is 1.45. The molecule has 0 atom stereocenters. The van der Waals surface area contributed by atoms with E-state index in [0.717, 1.165) is 30.3 Å². The molecule has 0 aliphatic heterocycles. The summed E-state index contributed by atoms with van der Waals surface area (Å²) in [4.78, 5) is 0. The highest BCUT2D eigenvalue weighted by molar-refractivity contribution is 5.66. The van der Waals surface area contributed by atoms with Gasteiger partial charge in [-0.1, -0.05) is 24.5 Å². The average molecular weight is 246 g/mol. The van der Waals surface area contributed by atoms with Crippen LogP contribution in [0.3, 0.4) is 0 Å². The molecular weight excluding hydrogens is 228 g/mol. The standard InChI is InChI=1S/C12H18N6/c1-17-10(5-7-14-17)11-12(13)15-16-18(11)8-6-9-3-2-4-9/h5,7,9H,2-4,6,8,13H2,1H3. The van der Waals surface area contributed by atoms with Crippen molar-refractivity contribution >= 4 is 5.82 Å². The van der Waals surface area contributed by atoms with E-state index in [1.165, 1.54) is 19.3 Å². The Labute approximate surface area is 106 Å². The van der Waals surface area contributed by atoms with E-state index in [4.69, 9.17) is 5.73 Å². The van der Waals surface area contributed by atoms with E-state index in [1.54, 1.807) is 10.9 Å². The van der Waals surface area contributed by atoms with Crippen LogP contribution in [-0.2, 0) is 13.6 Å². The fourth-order valence-electron chi connectivity index (χ4n) is 2.44. The molecule has 96 valence electrons. The van der Waals surface area contributed by atoms with Gasteiger partial charge in [0.05, 0.1) is 5.69 Å². The number of nitrogen functional groups attached to an aromatic ring is 1. The Kier molecular flexibility index (Phi) is 2.77. The van der Waals surface area contributed by atoms with Crippen LogP contribution in [0.2, 0.25) is 0 Å². The highest BCUT2D eigenvalue weighted by Crippen LogP contribution is 2.31. The van der Waals surface area contributed by atoms with Gasteiger partial charge in [0.2, 0.25) is 0 Å². The summed E-state index contributed by atoms with van der Waals surface area (Å²) in [6, 6.07) is 1.94. The minimum Gasteiger partial charge on any atom is -0.380 e. The minimum absolute atomic E-state index is 0.479. The van der Waals surface area contributed by atoms with Gasteiger partial charge in [0.1, 0.15) is 5.69 Å². The van der Waals surface area contributed by atoms with Crippen molar-refractivity contribution in [3.63, 3.8) is 0 Å². The third-order valence-corrected chi connectivity index (χ3v) is 3.80. The lowest BCUT2D eigenvalue weighted by Gasteiger charge is -2.25.